The van der Waals surface area contributed by atoms with Gasteiger partial charge in [-0.25, -0.2) is 0 Å². The lowest BCUT2D eigenvalue weighted by atomic mass is 9.78. The minimum Gasteiger partial charge on any atom is -0.481 e. The van der Waals surface area contributed by atoms with E-state index in [1.54, 1.807) is 0 Å². The number of carbonyl (C=O) groups is 4. The molecular formula is C26H43N3O17P2S. The number of nitriles is 1. The number of imide groups is 1. The predicted octanol–water partition coefficient (Wildman–Crippen LogP) is -2.61. The van der Waals surface area contributed by atoms with Crippen LogP contribution in [0.2, 0.25) is 0 Å². The molecule has 2 amide bonds. The summed E-state index contributed by atoms with van der Waals surface area (Å²) in [6, 6.07) is 1.97. The number of aliphatic hydroxyl groups excluding tert-OH is 4. The number of carboxylic acids is 1. The molecule has 280 valence electrons. The van der Waals surface area contributed by atoms with Crippen molar-refractivity contribution in [1.82, 2.24) is 9.80 Å². The second kappa shape index (κ2) is 17.5. The van der Waals surface area contributed by atoms with Gasteiger partial charge in [-0.2, -0.15) is 5.26 Å². The van der Waals surface area contributed by atoms with Gasteiger partial charge < -0.3 is 59.5 Å². The van der Waals surface area contributed by atoms with Crippen LogP contribution in [0.5, 0.6) is 0 Å². The quantitative estimate of drug-likeness (QED) is 0.0370. The Morgan fingerprint density at radius 2 is 1.61 bits per heavy atom. The van der Waals surface area contributed by atoms with E-state index < -0.39 is 123 Å². The molecule has 8 atom stereocenters. The molecule has 23 heteroatoms. The summed E-state index contributed by atoms with van der Waals surface area (Å²) in [6.45, 7) is 0.593. The zero-order chi connectivity index (χ0) is 37.5. The molecule has 2 heterocycles. The van der Waals surface area contributed by atoms with Crippen molar-refractivity contribution >= 4 is 50.7 Å². The fourth-order valence-corrected chi connectivity index (χ4v) is 8.00. The van der Waals surface area contributed by atoms with Crippen LogP contribution in [0.15, 0.2) is 0 Å². The lowest BCUT2D eigenvalue weighted by Crippen LogP contribution is -2.60. The molecular weight excluding hydrogens is 720 g/mol. The Labute approximate surface area is 285 Å². The average molecular weight is 764 g/mol. The van der Waals surface area contributed by atoms with Crippen molar-refractivity contribution in [1.29, 1.82) is 5.26 Å². The number of aliphatic hydroxyl groups is 4. The molecule has 0 bridgehead atoms. The number of likely N-dealkylation sites (tertiary alicyclic amines) is 1. The molecule has 2 aliphatic rings. The lowest BCUT2D eigenvalue weighted by molar-refractivity contribution is -0.293. The van der Waals surface area contributed by atoms with Crippen LogP contribution in [0.1, 0.15) is 39.5 Å². The van der Waals surface area contributed by atoms with Gasteiger partial charge in [0.15, 0.2) is 0 Å². The average Bonchev–Trinajstić information content (AvgIpc) is 3.25. The number of nitrogens with zero attached hydrogens (tertiary/aromatic N) is 3. The van der Waals surface area contributed by atoms with Gasteiger partial charge in [-0.1, -0.05) is 0 Å². The van der Waals surface area contributed by atoms with Crippen LogP contribution >= 0.6 is 27.0 Å². The van der Waals surface area contributed by atoms with Gasteiger partial charge in [0.05, 0.1) is 35.7 Å². The molecule has 3 unspecified atom stereocenters. The summed E-state index contributed by atoms with van der Waals surface area (Å²) >= 11 is 0.611. The van der Waals surface area contributed by atoms with Gasteiger partial charge >= 0.3 is 27.1 Å². The molecule has 0 spiro atoms. The van der Waals surface area contributed by atoms with Crippen LogP contribution in [0.4, 0.5) is 0 Å². The van der Waals surface area contributed by atoms with Crippen molar-refractivity contribution < 1.29 is 82.9 Å². The molecule has 9 N–H and O–H groups in total. The van der Waals surface area contributed by atoms with Gasteiger partial charge in [-0.15, -0.1) is 11.8 Å². The number of hydrogen-bond acceptors (Lipinski definition) is 15. The monoisotopic (exact) mass is 763 g/mol. The highest BCUT2D eigenvalue weighted by atomic mass is 32.2. The standard InChI is InChI=1S/C26H43N3O17P2S/c1-25(14-27,4-3-18(32)33)13-26(2,24(38)46-23-21(36)20(35)19(34)15(12-30)45-23)49-16-11-17(31)29(22(16)37)6-5-28(7-9-47(39,40)41)8-10-48(42,43)44/h15-16,19-21,23,30,34-36H,3-13H2,1-2H3,(H,32,33)(H2,39,40,41)(H2,42,43,44)/t15-,16?,19-,20+,21-,23-,25?,26?/m1/s1. The van der Waals surface area contributed by atoms with Crippen molar-refractivity contribution in [2.75, 3.05) is 45.1 Å². The number of thioether (sulfide) groups is 1. The van der Waals surface area contributed by atoms with E-state index in [0.29, 0.717) is 11.8 Å². The normalized spacial score (nSPS) is 27.4. The number of rotatable bonds is 19. The van der Waals surface area contributed by atoms with Crippen LogP contribution in [-0.4, -0.2) is 164 Å². The third kappa shape index (κ3) is 12.9. The van der Waals surface area contributed by atoms with Crippen molar-refractivity contribution in [3.8, 4) is 6.07 Å². The molecule has 0 radical (unpaired) electrons. The van der Waals surface area contributed by atoms with E-state index >= 15 is 0 Å². The number of hydrogen-bond donors (Lipinski definition) is 9. The van der Waals surface area contributed by atoms with Gasteiger partial charge in [0.25, 0.3) is 0 Å². The van der Waals surface area contributed by atoms with E-state index in [2.05, 4.69) is 0 Å². The van der Waals surface area contributed by atoms with Crippen LogP contribution < -0.4 is 0 Å². The van der Waals surface area contributed by atoms with E-state index in [-0.39, 0.29) is 32.6 Å². The summed E-state index contributed by atoms with van der Waals surface area (Å²) < 4.78 is 31.4. The van der Waals surface area contributed by atoms with Crippen molar-refractivity contribution in [2.45, 2.75) is 80.2 Å². The Morgan fingerprint density at radius 3 is 2.10 bits per heavy atom. The topological polar surface area (TPSA) is 333 Å². The third-order valence-corrected chi connectivity index (χ3v) is 11.1. The largest absolute Gasteiger partial charge is 0.481 e. The highest BCUT2D eigenvalue weighted by Crippen LogP contribution is 2.45. The molecule has 2 rings (SSSR count). The molecule has 2 fully saturated rings. The lowest BCUT2D eigenvalue weighted by Gasteiger charge is -2.41. The smallest absolute Gasteiger partial charge is 0.326 e. The summed E-state index contributed by atoms with van der Waals surface area (Å²) in [7, 11) is -9.02. The summed E-state index contributed by atoms with van der Waals surface area (Å²) in [6.07, 6.45) is -12.0. The summed E-state index contributed by atoms with van der Waals surface area (Å²) in [5.41, 5.74) is -1.52. The number of carbonyl (C=O) groups excluding carboxylic acids is 3. The van der Waals surface area contributed by atoms with Crippen molar-refractivity contribution in [2.24, 2.45) is 5.41 Å². The SMILES string of the molecule is CC(C#N)(CCC(=O)O)CC(C)(SC1CC(=O)N(CCN(CCP(=O)(O)O)CCP(=O)(O)O)C1=O)C(=O)O[C@H]1O[C@H](CO)[C@@H](O)[C@H](O)[C@H]1O. The number of aliphatic carboxylic acids is 1. The van der Waals surface area contributed by atoms with Crippen LogP contribution in [-0.2, 0) is 37.8 Å². The summed E-state index contributed by atoms with van der Waals surface area (Å²) in [5, 5.41) is 58.0. The van der Waals surface area contributed by atoms with Crippen molar-refractivity contribution in [3.05, 3.63) is 0 Å². The highest BCUT2D eigenvalue weighted by molar-refractivity contribution is 8.02. The Morgan fingerprint density at radius 1 is 1.04 bits per heavy atom. The van der Waals surface area contributed by atoms with Gasteiger partial charge in [-0.3, -0.25) is 33.2 Å². The number of esters is 1. The molecule has 0 aromatic carbocycles. The minimum absolute atomic E-state index is 0.215. The Hall–Kier alpha value is -2.02. The predicted molar refractivity (Wildman–Crippen MR) is 166 cm³/mol. The first-order chi connectivity index (χ1) is 22.4. The maximum absolute atomic E-state index is 13.8. The van der Waals surface area contributed by atoms with Crippen LogP contribution in [0.25, 0.3) is 0 Å². The maximum Gasteiger partial charge on any atom is 0.326 e. The van der Waals surface area contributed by atoms with Gasteiger partial charge in [0, 0.05) is 39.0 Å². The molecule has 49 heavy (non-hydrogen) atoms. The van der Waals surface area contributed by atoms with E-state index in [1.807, 2.05) is 6.07 Å². The van der Waals surface area contributed by atoms with E-state index in [1.165, 1.54) is 18.7 Å². The zero-order valence-corrected chi connectivity index (χ0v) is 29.3. The van der Waals surface area contributed by atoms with E-state index in [0.717, 1.165) is 4.90 Å². The highest BCUT2D eigenvalue weighted by Gasteiger charge is 2.52. The Kier molecular flexibility index (Phi) is 15.4. The van der Waals surface area contributed by atoms with E-state index in [9.17, 15) is 78.7 Å². The van der Waals surface area contributed by atoms with Gasteiger partial charge in [0.2, 0.25) is 18.1 Å². The molecule has 2 saturated heterocycles. The first-order valence-corrected chi connectivity index (χ1v) is 19.4. The third-order valence-electron chi connectivity index (χ3n) is 8.05. The summed E-state index contributed by atoms with van der Waals surface area (Å²) in [4.78, 5) is 90.5. The first kappa shape index (κ1) is 43.1. The second-order valence-electron chi connectivity index (χ2n) is 12.4. The molecule has 2 aliphatic heterocycles. The maximum atomic E-state index is 13.8. The zero-order valence-electron chi connectivity index (χ0n) is 26.7. The second-order valence-corrected chi connectivity index (χ2v) is 17.6. The Balaban J connectivity index is 2.32. The number of amides is 2. The molecule has 0 aliphatic carbocycles. The molecule has 0 aromatic heterocycles. The van der Waals surface area contributed by atoms with Gasteiger partial charge in [0.1, 0.15) is 29.2 Å². The van der Waals surface area contributed by atoms with Crippen LogP contribution in [0, 0.1) is 16.7 Å². The minimum atomic E-state index is -4.51. The molecule has 20 nitrogen and oxygen atoms in total. The molecule has 0 saturated carbocycles. The van der Waals surface area contributed by atoms with Crippen LogP contribution in [0.3, 0.4) is 0 Å². The molecule has 0 aromatic rings. The Bertz CT molecular complexity index is 1330. The fraction of sp³-hybridized carbons (Fsp3) is 0.808. The number of carboxylic acid groups (broad SMARTS) is 1. The van der Waals surface area contributed by atoms with Gasteiger partial charge in [-0.05, 0) is 26.7 Å². The van der Waals surface area contributed by atoms with Crippen molar-refractivity contribution in [3.63, 3.8) is 0 Å². The fourth-order valence-electron chi connectivity index (χ4n) is 5.28. The van der Waals surface area contributed by atoms with E-state index in [4.69, 9.17) is 9.47 Å². The first-order valence-electron chi connectivity index (χ1n) is 14.9. The number of ether oxygens (including phenoxy) is 2. The summed E-state index contributed by atoms with van der Waals surface area (Å²) in [5.74, 6) is -3.97.